The second kappa shape index (κ2) is 4.73. The summed E-state index contributed by atoms with van der Waals surface area (Å²) < 4.78 is 0. The normalized spacial score (nSPS) is 30.2. The van der Waals surface area contributed by atoms with E-state index in [4.69, 9.17) is 0 Å². The lowest BCUT2D eigenvalue weighted by atomic mass is 9.77. The van der Waals surface area contributed by atoms with Crippen LogP contribution in [0.2, 0.25) is 0 Å². The first-order valence-corrected chi connectivity index (χ1v) is 6.85. The summed E-state index contributed by atoms with van der Waals surface area (Å²) in [5, 5.41) is 6.62. The number of rotatable bonds is 2. The van der Waals surface area contributed by atoms with Gasteiger partial charge in [0.1, 0.15) is 0 Å². The molecular weight excluding hydrogens is 224 g/mol. The van der Waals surface area contributed by atoms with Crippen molar-refractivity contribution in [2.45, 2.75) is 44.2 Å². The van der Waals surface area contributed by atoms with Crippen molar-refractivity contribution in [3.05, 3.63) is 35.4 Å². The molecule has 2 aliphatic rings. The van der Waals surface area contributed by atoms with Crippen LogP contribution in [0.5, 0.6) is 0 Å². The number of nitrogens with one attached hydrogen (secondary N) is 2. The summed E-state index contributed by atoms with van der Waals surface area (Å²) in [4.78, 5) is 12.2. The fraction of sp³-hybridized carbons (Fsp3) is 0.533. The van der Waals surface area contributed by atoms with Crippen LogP contribution in [0.1, 0.15) is 36.8 Å². The molecule has 1 fully saturated rings. The highest BCUT2D eigenvalue weighted by atomic mass is 16.2. The van der Waals surface area contributed by atoms with Crippen LogP contribution in [0, 0.1) is 0 Å². The highest BCUT2D eigenvalue weighted by molar-refractivity contribution is 5.87. The third kappa shape index (κ3) is 2.15. The molecular formula is C15H20N2O. The zero-order valence-corrected chi connectivity index (χ0v) is 10.8. The van der Waals surface area contributed by atoms with Crippen molar-refractivity contribution in [1.29, 1.82) is 0 Å². The van der Waals surface area contributed by atoms with Gasteiger partial charge in [-0.15, -0.1) is 0 Å². The molecule has 18 heavy (non-hydrogen) atoms. The van der Waals surface area contributed by atoms with E-state index in [0.29, 0.717) is 12.1 Å². The van der Waals surface area contributed by atoms with Gasteiger partial charge in [0.2, 0.25) is 5.91 Å². The average molecular weight is 244 g/mol. The Bertz CT molecular complexity index is 458. The first-order valence-electron chi connectivity index (χ1n) is 6.85. The van der Waals surface area contributed by atoms with E-state index in [1.54, 1.807) is 0 Å². The minimum absolute atomic E-state index is 0.0893. The van der Waals surface area contributed by atoms with Crippen LogP contribution in [-0.2, 0) is 11.2 Å². The Labute approximate surface area is 108 Å². The smallest absolute Gasteiger partial charge is 0.228 e. The molecule has 1 aliphatic carbocycles. The number of fused-ring (bicyclic) bond motifs is 1. The van der Waals surface area contributed by atoms with Crippen molar-refractivity contribution in [3.8, 4) is 0 Å². The topological polar surface area (TPSA) is 41.1 Å². The van der Waals surface area contributed by atoms with Crippen LogP contribution >= 0.6 is 0 Å². The van der Waals surface area contributed by atoms with E-state index in [0.717, 1.165) is 25.8 Å². The van der Waals surface area contributed by atoms with Gasteiger partial charge >= 0.3 is 0 Å². The van der Waals surface area contributed by atoms with Gasteiger partial charge in [-0.3, -0.25) is 4.79 Å². The summed E-state index contributed by atoms with van der Waals surface area (Å²) >= 11 is 0. The van der Waals surface area contributed by atoms with Gasteiger partial charge in [-0.25, -0.2) is 0 Å². The van der Waals surface area contributed by atoms with Crippen LogP contribution < -0.4 is 10.6 Å². The number of carbonyl (C=O) groups excluding carboxylic acids is 1. The third-order valence-corrected chi connectivity index (χ3v) is 4.14. The summed E-state index contributed by atoms with van der Waals surface area (Å²) in [6.07, 6.45) is 2.99. The largest absolute Gasteiger partial charge is 0.353 e. The summed E-state index contributed by atoms with van der Waals surface area (Å²) in [5.74, 6) is 0.305. The standard InChI is InChI=1S/C15H20N2O/c1-10-8-12(6-7-16-10)17-15(18)14-9-11-4-2-3-5-13(11)14/h2-5,10,12,14,16H,6-9H2,1H3,(H,17,18). The number of hydrogen-bond donors (Lipinski definition) is 2. The van der Waals surface area contributed by atoms with Crippen LogP contribution in [0.15, 0.2) is 24.3 Å². The molecule has 0 radical (unpaired) electrons. The number of benzene rings is 1. The predicted molar refractivity (Wildman–Crippen MR) is 71.5 cm³/mol. The van der Waals surface area contributed by atoms with Crippen molar-refractivity contribution in [2.24, 2.45) is 0 Å². The SMILES string of the molecule is CC1CC(NC(=O)C2Cc3ccccc32)CCN1. The highest BCUT2D eigenvalue weighted by Gasteiger charge is 2.33. The van der Waals surface area contributed by atoms with Gasteiger partial charge in [-0.05, 0) is 43.9 Å². The maximum atomic E-state index is 12.2. The van der Waals surface area contributed by atoms with Crippen molar-refractivity contribution in [2.75, 3.05) is 6.54 Å². The molecule has 3 unspecified atom stereocenters. The van der Waals surface area contributed by atoms with E-state index < -0.39 is 0 Å². The molecule has 1 saturated heterocycles. The molecule has 0 bridgehead atoms. The Morgan fingerprint density at radius 2 is 2.22 bits per heavy atom. The van der Waals surface area contributed by atoms with Gasteiger partial charge < -0.3 is 10.6 Å². The summed E-state index contributed by atoms with van der Waals surface area (Å²) in [5.41, 5.74) is 2.55. The van der Waals surface area contributed by atoms with Crippen molar-refractivity contribution >= 4 is 5.91 Å². The number of carbonyl (C=O) groups is 1. The maximum absolute atomic E-state index is 12.2. The number of piperidine rings is 1. The summed E-state index contributed by atoms with van der Waals surface area (Å²) in [7, 11) is 0. The minimum Gasteiger partial charge on any atom is -0.353 e. The molecule has 1 aliphatic heterocycles. The maximum Gasteiger partial charge on any atom is 0.228 e. The van der Waals surface area contributed by atoms with Gasteiger partial charge in [0.25, 0.3) is 0 Å². The van der Waals surface area contributed by atoms with Crippen molar-refractivity contribution < 1.29 is 4.79 Å². The molecule has 0 aromatic heterocycles. The van der Waals surface area contributed by atoms with E-state index in [1.807, 2.05) is 12.1 Å². The fourth-order valence-electron chi connectivity index (χ4n) is 3.06. The minimum atomic E-state index is 0.0893. The van der Waals surface area contributed by atoms with Crippen molar-refractivity contribution in [3.63, 3.8) is 0 Å². The quantitative estimate of drug-likeness (QED) is 0.829. The van der Waals surface area contributed by atoms with Crippen LogP contribution in [-0.4, -0.2) is 24.5 Å². The lowest BCUT2D eigenvalue weighted by molar-refractivity contribution is -0.124. The lowest BCUT2D eigenvalue weighted by Crippen LogP contribution is -2.48. The molecule has 0 saturated carbocycles. The molecule has 1 heterocycles. The molecule has 3 heteroatoms. The Hall–Kier alpha value is -1.35. The van der Waals surface area contributed by atoms with Crippen LogP contribution in [0.25, 0.3) is 0 Å². The monoisotopic (exact) mass is 244 g/mol. The van der Waals surface area contributed by atoms with E-state index in [2.05, 4.69) is 29.7 Å². The molecule has 1 amide bonds. The van der Waals surface area contributed by atoms with Gasteiger partial charge in [-0.2, -0.15) is 0 Å². The molecule has 3 rings (SSSR count). The average Bonchev–Trinajstić information content (AvgIpc) is 2.30. The highest BCUT2D eigenvalue weighted by Crippen LogP contribution is 2.35. The van der Waals surface area contributed by atoms with Gasteiger partial charge in [-0.1, -0.05) is 24.3 Å². The molecule has 1 aromatic carbocycles. The second-order valence-corrected chi connectivity index (χ2v) is 5.54. The molecule has 3 nitrogen and oxygen atoms in total. The van der Waals surface area contributed by atoms with Gasteiger partial charge in [0.15, 0.2) is 0 Å². The second-order valence-electron chi connectivity index (χ2n) is 5.54. The van der Waals surface area contributed by atoms with E-state index in [9.17, 15) is 4.79 Å². The van der Waals surface area contributed by atoms with E-state index in [1.165, 1.54) is 11.1 Å². The Morgan fingerprint density at radius 1 is 1.39 bits per heavy atom. The lowest BCUT2D eigenvalue weighted by Gasteiger charge is -2.33. The molecule has 96 valence electrons. The third-order valence-electron chi connectivity index (χ3n) is 4.14. The Kier molecular flexibility index (Phi) is 3.08. The van der Waals surface area contributed by atoms with E-state index in [-0.39, 0.29) is 11.8 Å². The summed E-state index contributed by atoms with van der Waals surface area (Å²) in [6.45, 7) is 3.18. The Balaban J connectivity index is 1.60. The first kappa shape index (κ1) is 11.7. The first-order chi connectivity index (χ1) is 8.74. The molecule has 2 N–H and O–H groups in total. The van der Waals surface area contributed by atoms with Crippen LogP contribution in [0.4, 0.5) is 0 Å². The fourth-order valence-corrected chi connectivity index (χ4v) is 3.06. The number of amides is 1. The van der Waals surface area contributed by atoms with Gasteiger partial charge in [0, 0.05) is 12.1 Å². The predicted octanol–water partition coefficient (Wildman–Crippen LogP) is 1.58. The zero-order chi connectivity index (χ0) is 12.5. The Morgan fingerprint density at radius 3 is 3.00 bits per heavy atom. The van der Waals surface area contributed by atoms with E-state index >= 15 is 0 Å². The van der Waals surface area contributed by atoms with Crippen LogP contribution in [0.3, 0.4) is 0 Å². The molecule has 3 atom stereocenters. The molecule has 0 spiro atoms. The van der Waals surface area contributed by atoms with Crippen molar-refractivity contribution in [1.82, 2.24) is 10.6 Å². The summed E-state index contributed by atoms with van der Waals surface area (Å²) in [6, 6.07) is 9.12. The van der Waals surface area contributed by atoms with Gasteiger partial charge in [0.05, 0.1) is 5.92 Å². The zero-order valence-electron chi connectivity index (χ0n) is 10.8. The number of hydrogen-bond acceptors (Lipinski definition) is 2. The molecule has 1 aromatic rings.